The predicted molar refractivity (Wildman–Crippen MR) is 101 cm³/mol. The number of nitriles is 1. The van der Waals surface area contributed by atoms with Crippen molar-refractivity contribution in [2.45, 2.75) is 12.5 Å². The third kappa shape index (κ3) is 3.47. The smallest absolute Gasteiger partial charge is 0.178 e. The molecule has 1 aromatic carbocycles. The highest BCUT2D eigenvalue weighted by Crippen LogP contribution is 2.23. The largest absolute Gasteiger partial charge is 0.380 e. The summed E-state index contributed by atoms with van der Waals surface area (Å²) >= 11 is 0. The Labute approximate surface area is 152 Å². The molecular weight excluding hydrogens is 324 g/mol. The highest BCUT2D eigenvalue weighted by molar-refractivity contribution is 5.55. The molecule has 1 aliphatic rings. The van der Waals surface area contributed by atoms with E-state index in [-0.39, 0.29) is 0 Å². The van der Waals surface area contributed by atoms with E-state index < -0.39 is 0 Å². The van der Waals surface area contributed by atoms with Gasteiger partial charge in [0.25, 0.3) is 0 Å². The lowest BCUT2D eigenvalue weighted by Gasteiger charge is -2.19. The first-order valence-corrected chi connectivity index (χ1v) is 8.58. The first-order valence-electron chi connectivity index (χ1n) is 8.58. The normalized spacial score (nSPS) is 16.3. The molecule has 1 atom stereocenters. The van der Waals surface area contributed by atoms with Crippen molar-refractivity contribution in [1.82, 2.24) is 15.0 Å². The molecule has 1 unspecified atom stereocenters. The highest BCUT2D eigenvalue weighted by Gasteiger charge is 2.23. The van der Waals surface area contributed by atoms with Crippen LogP contribution in [0.5, 0.6) is 0 Å². The molecule has 1 fully saturated rings. The molecule has 0 radical (unpaired) electrons. The molecule has 2 aromatic heterocycles. The van der Waals surface area contributed by atoms with Gasteiger partial charge in [0.05, 0.1) is 11.6 Å². The number of hydrogen-bond acceptors (Lipinski definition) is 6. The molecule has 26 heavy (non-hydrogen) atoms. The van der Waals surface area contributed by atoms with Crippen LogP contribution in [0, 0.1) is 11.3 Å². The summed E-state index contributed by atoms with van der Waals surface area (Å²) < 4.78 is 0. The Balaban J connectivity index is 1.46. The van der Waals surface area contributed by atoms with Gasteiger partial charge in [-0.15, -0.1) is 0 Å². The SMILES string of the molecule is N#Cc1cccc(NC2CCN(c3cccc(-c4ncccn4)n3)C2)c1. The van der Waals surface area contributed by atoms with E-state index in [0.29, 0.717) is 17.4 Å². The van der Waals surface area contributed by atoms with Crippen LogP contribution in [0.15, 0.2) is 60.9 Å². The van der Waals surface area contributed by atoms with E-state index >= 15 is 0 Å². The minimum absolute atomic E-state index is 0.322. The van der Waals surface area contributed by atoms with E-state index in [2.05, 4.69) is 26.3 Å². The van der Waals surface area contributed by atoms with E-state index in [1.165, 1.54) is 0 Å². The van der Waals surface area contributed by atoms with Crippen LogP contribution in [-0.2, 0) is 0 Å². The molecule has 3 aromatic rings. The molecule has 0 bridgehead atoms. The van der Waals surface area contributed by atoms with Gasteiger partial charge in [-0.1, -0.05) is 12.1 Å². The Bertz CT molecular complexity index is 934. The topological polar surface area (TPSA) is 77.7 Å². The zero-order chi connectivity index (χ0) is 17.8. The van der Waals surface area contributed by atoms with E-state index in [1.54, 1.807) is 18.5 Å². The lowest BCUT2D eigenvalue weighted by molar-refractivity contribution is 0.806. The third-order valence-corrected chi connectivity index (χ3v) is 4.40. The summed E-state index contributed by atoms with van der Waals surface area (Å²) in [6.07, 6.45) is 4.47. The summed E-state index contributed by atoms with van der Waals surface area (Å²) in [5, 5.41) is 12.5. The van der Waals surface area contributed by atoms with Gasteiger partial charge in [0, 0.05) is 37.2 Å². The summed E-state index contributed by atoms with van der Waals surface area (Å²) in [5.74, 6) is 1.57. The van der Waals surface area contributed by atoms with Crippen molar-refractivity contribution in [1.29, 1.82) is 5.26 Å². The highest BCUT2D eigenvalue weighted by atomic mass is 15.2. The average molecular weight is 342 g/mol. The van der Waals surface area contributed by atoms with Gasteiger partial charge >= 0.3 is 0 Å². The fraction of sp³-hybridized carbons (Fsp3) is 0.200. The summed E-state index contributed by atoms with van der Waals surface area (Å²) in [6, 6.07) is 17.8. The van der Waals surface area contributed by atoms with Crippen molar-refractivity contribution < 1.29 is 0 Å². The Morgan fingerprint density at radius 3 is 2.77 bits per heavy atom. The fourth-order valence-electron chi connectivity index (χ4n) is 3.16. The average Bonchev–Trinajstić information content (AvgIpc) is 3.17. The molecule has 128 valence electrons. The first-order chi connectivity index (χ1) is 12.8. The fourth-order valence-corrected chi connectivity index (χ4v) is 3.16. The Morgan fingerprint density at radius 2 is 1.92 bits per heavy atom. The monoisotopic (exact) mass is 342 g/mol. The number of nitrogens with one attached hydrogen (secondary N) is 1. The number of anilines is 2. The number of pyridine rings is 1. The predicted octanol–water partition coefficient (Wildman–Crippen LogP) is 3.10. The number of aromatic nitrogens is 3. The second-order valence-corrected chi connectivity index (χ2v) is 6.22. The zero-order valence-corrected chi connectivity index (χ0v) is 14.2. The molecule has 3 heterocycles. The van der Waals surface area contributed by atoms with Crippen molar-refractivity contribution in [2.24, 2.45) is 0 Å². The second kappa shape index (κ2) is 7.19. The molecule has 6 heteroatoms. The van der Waals surface area contributed by atoms with E-state index in [0.717, 1.165) is 36.7 Å². The Kier molecular flexibility index (Phi) is 4.44. The maximum atomic E-state index is 9.03. The standard InChI is InChI=1S/C20H18N6/c21-13-15-4-1-5-16(12-15)24-17-8-11-26(14-17)19-7-2-6-18(25-19)20-22-9-3-10-23-20/h1-7,9-10,12,17,24H,8,11,14H2. The number of hydrogen-bond donors (Lipinski definition) is 1. The van der Waals surface area contributed by atoms with E-state index in [1.807, 2.05) is 42.5 Å². The quantitative estimate of drug-likeness (QED) is 0.785. The molecule has 0 spiro atoms. The first kappa shape index (κ1) is 16.0. The van der Waals surface area contributed by atoms with Crippen molar-refractivity contribution in [3.8, 4) is 17.6 Å². The van der Waals surface area contributed by atoms with Gasteiger partial charge < -0.3 is 10.2 Å². The summed E-state index contributed by atoms with van der Waals surface area (Å²) in [7, 11) is 0. The second-order valence-electron chi connectivity index (χ2n) is 6.22. The van der Waals surface area contributed by atoms with Gasteiger partial charge in [0.2, 0.25) is 0 Å². The minimum atomic E-state index is 0.322. The Morgan fingerprint density at radius 1 is 1.08 bits per heavy atom. The molecule has 0 saturated carbocycles. The van der Waals surface area contributed by atoms with Crippen molar-refractivity contribution in [2.75, 3.05) is 23.3 Å². The maximum absolute atomic E-state index is 9.03. The van der Waals surface area contributed by atoms with Crippen LogP contribution in [0.3, 0.4) is 0 Å². The van der Waals surface area contributed by atoms with Crippen LogP contribution >= 0.6 is 0 Å². The molecule has 4 rings (SSSR count). The van der Waals surface area contributed by atoms with E-state index in [9.17, 15) is 0 Å². The van der Waals surface area contributed by atoms with Gasteiger partial charge in [-0.3, -0.25) is 0 Å². The van der Waals surface area contributed by atoms with Crippen molar-refractivity contribution in [3.05, 3.63) is 66.5 Å². The molecular formula is C20H18N6. The zero-order valence-electron chi connectivity index (χ0n) is 14.2. The minimum Gasteiger partial charge on any atom is -0.380 e. The van der Waals surface area contributed by atoms with Crippen LogP contribution in [-0.4, -0.2) is 34.1 Å². The van der Waals surface area contributed by atoms with Crippen molar-refractivity contribution >= 4 is 11.5 Å². The van der Waals surface area contributed by atoms with Crippen molar-refractivity contribution in [3.63, 3.8) is 0 Å². The van der Waals surface area contributed by atoms with Crippen LogP contribution < -0.4 is 10.2 Å². The van der Waals surface area contributed by atoms with Crippen LogP contribution in [0.25, 0.3) is 11.5 Å². The number of rotatable bonds is 4. The number of nitrogens with zero attached hydrogens (tertiary/aromatic N) is 5. The third-order valence-electron chi connectivity index (χ3n) is 4.40. The molecule has 1 saturated heterocycles. The number of benzene rings is 1. The molecule has 1 N–H and O–H groups in total. The molecule has 1 aliphatic heterocycles. The lowest BCUT2D eigenvalue weighted by atomic mass is 10.2. The van der Waals surface area contributed by atoms with Gasteiger partial charge in [-0.25, -0.2) is 15.0 Å². The molecule has 0 aliphatic carbocycles. The summed E-state index contributed by atoms with van der Waals surface area (Å²) in [6.45, 7) is 1.80. The van der Waals surface area contributed by atoms with Gasteiger partial charge in [-0.2, -0.15) is 5.26 Å². The van der Waals surface area contributed by atoms with Crippen LogP contribution in [0.2, 0.25) is 0 Å². The van der Waals surface area contributed by atoms with E-state index in [4.69, 9.17) is 10.2 Å². The summed E-state index contributed by atoms with van der Waals surface area (Å²) in [5.41, 5.74) is 2.43. The van der Waals surface area contributed by atoms with Gasteiger partial charge in [0.15, 0.2) is 5.82 Å². The summed E-state index contributed by atoms with van der Waals surface area (Å²) in [4.78, 5) is 15.5. The lowest BCUT2D eigenvalue weighted by Crippen LogP contribution is -2.26. The van der Waals surface area contributed by atoms with Crippen LogP contribution in [0.4, 0.5) is 11.5 Å². The van der Waals surface area contributed by atoms with Crippen LogP contribution in [0.1, 0.15) is 12.0 Å². The van der Waals surface area contributed by atoms with Gasteiger partial charge in [0.1, 0.15) is 11.5 Å². The molecule has 6 nitrogen and oxygen atoms in total. The van der Waals surface area contributed by atoms with Gasteiger partial charge in [-0.05, 0) is 42.8 Å². The Hall–Kier alpha value is -3.46. The maximum Gasteiger partial charge on any atom is 0.178 e. The molecule has 0 amide bonds.